The van der Waals surface area contributed by atoms with Gasteiger partial charge >= 0.3 is 12.1 Å². The number of nitrogens with two attached hydrogens (primary N) is 1. The Morgan fingerprint density at radius 3 is 2.46 bits per heavy atom. The summed E-state index contributed by atoms with van der Waals surface area (Å²) in [6.07, 6.45) is -3.24. The summed E-state index contributed by atoms with van der Waals surface area (Å²) in [5.41, 5.74) is 8.83. The second-order valence-electron chi connectivity index (χ2n) is 4.70. The van der Waals surface area contributed by atoms with Crippen LogP contribution in [0.25, 0.3) is 21.3 Å². The number of thiophene rings is 1. The normalized spacial score (nSPS) is 11.0. The highest BCUT2D eigenvalue weighted by Crippen LogP contribution is 2.30. The van der Waals surface area contributed by atoms with E-state index in [0.29, 0.717) is 6.54 Å². The Bertz CT molecular complexity index is 829. The molecule has 126 valence electrons. The molecule has 2 heterocycles. The lowest BCUT2D eigenvalue weighted by atomic mass is 10.1. The van der Waals surface area contributed by atoms with Crippen molar-refractivity contribution in [1.29, 1.82) is 0 Å². The van der Waals surface area contributed by atoms with Crippen LogP contribution in [0.2, 0.25) is 0 Å². The molecule has 0 aliphatic carbocycles. The van der Waals surface area contributed by atoms with Crippen molar-refractivity contribution in [2.75, 3.05) is 0 Å². The summed E-state index contributed by atoms with van der Waals surface area (Å²) in [6.45, 7) is 0.538. The van der Waals surface area contributed by atoms with Crippen molar-refractivity contribution in [3.05, 3.63) is 53.5 Å². The SMILES string of the molecule is NCc1ccc(-c2cccc3sccc23)nc1.O=C(O)C(F)(F)F. The van der Waals surface area contributed by atoms with E-state index in [9.17, 15) is 13.2 Å². The molecule has 0 unspecified atom stereocenters. The van der Waals surface area contributed by atoms with Gasteiger partial charge in [-0.1, -0.05) is 18.2 Å². The fraction of sp³-hybridized carbons (Fsp3) is 0.125. The third kappa shape index (κ3) is 4.30. The first-order chi connectivity index (χ1) is 11.3. The fourth-order valence-corrected chi connectivity index (χ4v) is 2.73. The second kappa shape index (κ2) is 7.41. The van der Waals surface area contributed by atoms with Crippen LogP contribution in [0.15, 0.2) is 48.0 Å². The molecule has 24 heavy (non-hydrogen) atoms. The number of nitrogens with zero attached hydrogens (tertiary/aromatic N) is 1. The molecule has 0 spiro atoms. The minimum atomic E-state index is -5.08. The largest absolute Gasteiger partial charge is 0.490 e. The number of carbonyl (C=O) groups is 1. The van der Waals surface area contributed by atoms with Crippen molar-refractivity contribution in [1.82, 2.24) is 4.98 Å². The van der Waals surface area contributed by atoms with Crippen molar-refractivity contribution in [2.24, 2.45) is 5.73 Å². The third-order valence-electron chi connectivity index (χ3n) is 3.07. The number of pyridine rings is 1. The molecule has 3 N–H and O–H groups in total. The van der Waals surface area contributed by atoms with E-state index in [2.05, 4.69) is 34.6 Å². The van der Waals surface area contributed by atoms with E-state index in [1.54, 1.807) is 11.3 Å². The molecule has 0 radical (unpaired) electrons. The van der Waals surface area contributed by atoms with Gasteiger partial charge in [-0.25, -0.2) is 4.79 Å². The number of halogens is 3. The van der Waals surface area contributed by atoms with Gasteiger partial charge in [0, 0.05) is 28.4 Å². The van der Waals surface area contributed by atoms with Crippen LogP contribution in [0.1, 0.15) is 5.56 Å². The molecule has 0 amide bonds. The van der Waals surface area contributed by atoms with Crippen molar-refractivity contribution in [2.45, 2.75) is 12.7 Å². The van der Waals surface area contributed by atoms with Gasteiger partial charge in [-0.3, -0.25) is 4.98 Å². The summed E-state index contributed by atoms with van der Waals surface area (Å²) in [5.74, 6) is -2.76. The molecule has 0 saturated heterocycles. The summed E-state index contributed by atoms with van der Waals surface area (Å²) >= 11 is 1.76. The van der Waals surface area contributed by atoms with Gasteiger partial charge in [0.2, 0.25) is 0 Å². The Morgan fingerprint density at radius 1 is 1.21 bits per heavy atom. The Morgan fingerprint density at radius 2 is 1.92 bits per heavy atom. The minimum Gasteiger partial charge on any atom is -0.475 e. The number of aromatic nitrogens is 1. The number of aliphatic carboxylic acids is 1. The molecular formula is C16H13F3N2O2S. The average molecular weight is 354 g/mol. The number of rotatable bonds is 2. The van der Waals surface area contributed by atoms with E-state index >= 15 is 0 Å². The van der Waals surface area contributed by atoms with Crippen LogP contribution in [0, 0.1) is 0 Å². The summed E-state index contributed by atoms with van der Waals surface area (Å²) < 4.78 is 33.0. The van der Waals surface area contributed by atoms with E-state index in [1.165, 1.54) is 15.6 Å². The molecule has 4 nitrogen and oxygen atoms in total. The molecular weight excluding hydrogens is 341 g/mol. The number of carboxylic acids is 1. The Balaban J connectivity index is 0.000000256. The first-order valence-corrected chi connectivity index (χ1v) is 7.62. The van der Waals surface area contributed by atoms with Crippen molar-refractivity contribution in [3.8, 4) is 11.3 Å². The molecule has 0 aliphatic heterocycles. The highest BCUT2D eigenvalue weighted by molar-refractivity contribution is 7.17. The first-order valence-electron chi connectivity index (χ1n) is 6.74. The zero-order valence-corrected chi connectivity index (χ0v) is 13.1. The summed E-state index contributed by atoms with van der Waals surface area (Å²) in [5, 5.41) is 10.5. The van der Waals surface area contributed by atoms with Gasteiger partial charge in [-0.05, 0) is 29.1 Å². The van der Waals surface area contributed by atoms with Crippen LogP contribution in [-0.4, -0.2) is 22.2 Å². The Hall–Kier alpha value is -2.45. The van der Waals surface area contributed by atoms with Crippen molar-refractivity contribution >= 4 is 27.4 Å². The molecule has 3 aromatic rings. The van der Waals surface area contributed by atoms with Gasteiger partial charge in [-0.2, -0.15) is 13.2 Å². The predicted octanol–water partition coefficient (Wildman–Crippen LogP) is 4.06. The van der Waals surface area contributed by atoms with Crippen LogP contribution in [0.4, 0.5) is 13.2 Å². The van der Waals surface area contributed by atoms with Crippen LogP contribution < -0.4 is 5.73 Å². The lowest BCUT2D eigenvalue weighted by Crippen LogP contribution is -2.21. The molecule has 0 aliphatic rings. The van der Waals surface area contributed by atoms with Gasteiger partial charge in [0.05, 0.1) is 5.69 Å². The molecule has 0 bridgehead atoms. The van der Waals surface area contributed by atoms with Crippen LogP contribution >= 0.6 is 11.3 Å². The molecule has 3 rings (SSSR count). The van der Waals surface area contributed by atoms with Gasteiger partial charge in [-0.15, -0.1) is 11.3 Å². The summed E-state index contributed by atoms with van der Waals surface area (Å²) in [6, 6.07) is 12.5. The number of hydrogen-bond donors (Lipinski definition) is 2. The van der Waals surface area contributed by atoms with E-state index in [-0.39, 0.29) is 0 Å². The number of carboxylic acid groups (broad SMARTS) is 1. The lowest BCUT2D eigenvalue weighted by Gasteiger charge is -2.03. The molecule has 8 heteroatoms. The Labute approximate surface area is 139 Å². The molecule has 0 saturated carbocycles. The fourth-order valence-electron chi connectivity index (χ4n) is 1.92. The number of hydrogen-bond acceptors (Lipinski definition) is 4. The van der Waals surface area contributed by atoms with Crippen LogP contribution in [0.5, 0.6) is 0 Å². The Kier molecular flexibility index (Phi) is 5.53. The third-order valence-corrected chi connectivity index (χ3v) is 3.96. The molecule has 0 atom stereocenters. The van der Waals surface area contributed by atoms with Crippen molar-refractivity contribution in [3.63, 3.8) is 0 Å². The second-order valence-corrected chi connectivity index (χ2v) is 5.64. The van der Waals surface area contributed by atoms with E-state index in [4.69, 9.17) is 15.6 Å². The monoisotopic (exact) mass is 354 g/mol. The van der Waals surface area contributed by atoms with Gasteiger partial charge in [0.25, 0.3) is 0 Å². The zero-order chi connectivity index (χ0) is 17.7. The molecule has 1 aromatic carbocycles. The molecule has 0 fully saturated rings. The van der Waals surface area contributed by atoms with E-state index in [0.717, 1.165) is 11.3 Å². The maximum Gasteiger partial charge on any atom is 0.490 e. The van der Waals surface area contributed by atoms with E-state index < -0.39 is 12.1 Å². The highest BCUT2D eigenvalue weighted by Gasteiger charge is 2.38. The van der Waals surface area contributed by atoms with E-state index in [1.807, 2.05) is 18.3 Å². The van der Waals surface area contributed by atoms with Gasteiger partial charge < -0.3 is 10.8 Å². The minimum absolute atomic E-state index is 0.538. The molecule has 2 aromatic heterocycles. The van der Waals surface area contributed by atoms with Crippen molar-refractivity contribution < 1.29 is 23.1 Å². The predicted molar refractivity (Wildman–Crippen MR) is 86.6 cm³/mol. The maximum absolute atomic E-state index is 10.6. The zero-order valence-electron chi connectivity index (χ0n) is 12.2. The average Bonchev–Trinajstić information content (AvgIpc) is 3.03. The smallest absolute Gasteiger partial charge is 0.475 e. The standard InChI is InChI=1S/C14H12N2S.C2HF3O2/c15-8-10-4-5-13(16-9-10)11-2-1-3-14-12(11)6-7-17-14;3-2(4,5)1(6)7/h1-7,9H,8,15H2;(H,6,7). The quantitative estimate of drug-likeness (QED) is 0.728. The maximum atomic E-state index is 10.6. The lowest BCUT2D eigenvalue weighted by molar-refractivity contribution is -0.192. The summed E-state index contributed by atoms with van der Waals surface area (Å²) in [7, 11) is 0. The van der Waals surface area contributed by atoms with Gasteiger partial charge in [0.15, 0.2) is 0 Å². The van der Waals surface area contributed by atoms with Gasteiger partial charge in [0.1, 0.15) is 0 Å². The first kappa shape index (κ1) is 17.9. The highest BCUT2D eigenvalue weighted by atomic mass is 32.1. The number of alkyl halides is 3. The summed E-state index contributed by atoms with van der Waals surface area (Å²) in [4.78, 5) is 13.4. The van der Waals surface area contributed by atoms with Crippen LogP contribution in [0.3, 0.4) is 0 Å². The topological polar surface area (TPSA) is 76.2 Å². The number of fused-ring (bicyclic) bond motifs is 1. The number of benzene rings is 1. The van der Waals surface area contributed by atoms with Crippen LogP contribution in [-0.2, 0) is 11.3 Å².